The topological polar surface area (TPSA) is 72.5 Å². The smallest absolute Gasteiger partial charge is 0.264 e. The van der Waals surface area contributed by atoms with Crippen molar-refractivity contribution in [2.75, 3.05) is 6.61 Å². The number of sulfonamides is 1. The van der Waals surface area contributed by atoms with E-state index in [1.54, 1.807) is 25.1 Å². The van der Waals surface area contributed by atoms with E-state index < -0.39 is 15.9 Å². The van der Waals surface area contributed by atoms with Crippen molar-refractivity contribution in [1.82, 2.24) is 4.72 Å². The minimum absolute atomic E-state index is 0.0851. The summed E-state index contributed by atoms with van der Waals surface area (Å²) >= 11 is 0. The Morgan fingerprint density at radius 1 is 1.40 bits per heavy atom. The van der Waals surface area contributed by atoms with Gasteiger partial charge in [-0.15, -0.1) is 0 Å². The standard InChI is InChI=1S/C14H19NO4S/c1-11-5-2-3-7-13(11)20(17,18)15-14(16)9-8-12-6-4-10-19-12/h2-3,5,7,12H,4,6,8-10H2,1H3,(H,15,16)/t12-/m0/s1. The summed E-state index contributed by atoms with van der Waals surface area (Å²) in [5.74, 6) is -0.483. The predicted molar refractivity (Wildman–Crippen MR) is 74.7 cm³/mol. The highest BCUT2D eigenvalue weighted by molar-refractivity contribution is 7.90. The fourth-order valence-electron chi connectivity index (χ4n) is 2.28. The highest BCUT2D eigenvalue weighted by Crippen LogP contribution is 2.17. The van der Waals surface area contributed by atoms with Gasteiger partial charge >= 0.3 is 0 Å². The van der Waals surface area contributed by atoms with Crippen molar-refractivity contribution in [1.29, 1.82) is 0 Å². The number of rotatable bonds is 5. The second-order valence-corrected chi connectivity index (χ2v) is 6.62. The zero-order valence-corrected chi connectivity index (χ0v) is 12.3. The number of aryl methyl sites for hydroxylation is 1. The molecule has 0 saturated carbocycles. The van der Waals surface area contributed by atoms with Gasteiger partial charge < -0.3 is 4.74 Å². The van der Waals surface area contributed by atoms with Crippen LogP contribution in [0.3, 0.4) is 0 Å². The third-order valence-corrected chi connectivity index (χ3v) is 4.88. The normalized spacial score (nSPS) is 18.9. The lowest BCUT2D eigenvalue weighted by Gasteiger charge is -2.11. The molecule has 1 heterocycles. The van der Waals surface area contributed by atoms with Crippen LogP contribution in [0.2, 0.25) is 0 Å². The molecule has 0 bridgehead atoms. The van der Waals surface area contributed by atoms with Gasteiger partial charge in [0, 0.05) is 13.0 Å². The van der Waals surface area contributed by atoms with E-state index >= 15 is 0 Å². The zero-order valence-electron chi connectivity index (χ0n) is 11.5. The largest absolute Gasteiger partial charge is 0.378 e. The number of ether oxygens (including phenoxy) is 1. The molecule has 1 saturated heterocycles. The molecule has 0 aromatic heterocycles. The lowest BCUT2D eigenvalue weighted by Crippen LogP contribution is -2.31. The molecule has 110 valence electrons. The van der Waals surface area contributed by atoms with Crippen molar-refractivity contribution in [3.63, 3.8) is 0 Å². The first-order valence-corrected chi connectivity index (χ1v) is 8.20. The molecule has 1 amide bonds. The summed E-state index contributed by atoms with van der Waals surface area (Å²) in [4.78, 5) is 11.9. The summed E-state index contributed by atoms with van der Waals surface area (Å²) in [6.45, 7) is 2.43. The molecular formula is C14H19NO4S. The van der Waals surface area contributed by atoms with Crippen LogP contribution in [-0.4, -0.2) is 27.0 Å². The van der Waals surface area contributed by atoms with Crippen molar-refractivity contribution in [2.45, 2.75) is 43.6 Å². The SMILES string of the molecule is Cc1ccccc1S(=O)(=O)NC(=O)CC[C@@H]1CCCO1. The zero-order chi connectivity index (χ0) is 14.6. The summed E-state index contributed by atoms with van der Waals surface area (Å²) in [5, 5.41) is 0. The van der Waals surface area contributed by atoms with Gasteiger partial charge in [-0.1, -0.05) is 18.2 Å². The van der Waals surface area contributed by atoms with E-state index in [2.05, 4.69) is 4.72 Å². The molecule has 1 aliphatic rings. The Kier molecular flexibility index (Phi) is 4.77. The molecular weight excluding hydrogens is 278 g/mol. The molecule has 0 aliphatic carbocycles. The van der Waals surface area contributed by atoms with Gasteiger partial charge in [-0.25, -0.2) is 13.1 Å². The molecule has 2 rings (SSSR count). The number of carbonyl (C=O) groups is 1. The number of carbonyl (C=O) groups excluding carboxylic acids is 1. The molecule has 0 spiro atoms. The van der Waals surface area contributed by atoms with E-state index in [4.69, 9.17) is 4.74 Å². The number of benzene rings is 1. The number of hydrogen-bond donors (Lipinski definition) is 1. The summed E-state index contributed by atoms with van der Waals surface area (Å²) in [7, 11) is -3.78. The Hall–Kier alpha value is -1.40. The van der Waals surface area contributed by atoms with Gasteiger partial charge in [0.05, 0.1) is 11.0 Å². The van der Waals surface area contributed by atoms with Crippen molar-refractivity contribution in [3.05, 3.63) is 29.8 Å². The Morgan fingerprint density at radius 3 is 2.80 bits per heavy atom. The van der Waals surface area contributed by atoms with Gasteiger partial charge in [0.2, 0.25) is 5.91 Å². The lowest BCUT2D eigenvalue weighted by atomic mass is 10.1. The van der Waals surface area contributed by atoms with Crippen molar-refractivity contribution >= 4 is 15.9 Å². The van der Waals surface area contributed by atoms with E-state index in [0.717, 1.165) is 19.4 Å². The molecule has 1 aliphatic heterocycles. The summed E-state index contributed by atoms with van der Waals surface area (Å²) < 4.78 is 31.7. The average Bonchev–Trinajstić information content (AvgIpc) is 2.89. The van der Waals surface area contributed by atoms with Gasteiger partial charge in [0.25, 0.3) is 10.0 Å². The maximum absolute atomic E-state index is 12.1. The Labute approximate surface area is 119 Å². The highest BCUT2D eigenvalue weighted by atomic mass is 32.2. The van der Waals surface area contributed by atoms with Gasteiger partial charge in [-0.3, -0.25) is 4.79 Å². The van der Waals surface area contributed by atoms with Crippen LogP contribution in [0, 0.1) is 6.92 Å². The number of nitrogens with one attached hydrogen (secondary N) is 1. The molecule has 5 nitrogen and oxygen atoms in total. The van der Waals surface area contributed by atoms with Gasteiger partial charge in [0.15, 0.2) is 0 Å². The van der Waals surface area contributed by atoms with Crippen LogP contribution in [0.4, 0.5) is 0 Å². The second-order valence-electron chi connectivity index (χ2n) is 4.97. The first kappa shape index (κ1) is 15.0. The molecule has 0 radical (unpaired) electrons. The first-order chi connectivity index (χ1) is 9.49. The molecule has 1 fully saturated rings. The number of amides is 1. The minimum Gasteiger partial charge on any atom is -0.378 e. The van der Waals surface area contributed by atoms with Gasteiger partial charge in [-0.2, -0.15) is 0 Å². The second kappa shape index (κ2) is 6.37. The summed E-state index contributed by atoms with van der Waals surface area (Å²) in [6, 6.07) is 6.59. The first-order valence-electron chi connectivity index (χ1n) is 6.72. The Morgan fingerprint density at radius 2 is 2.15 bits per heavy atom. The predicted octanol–water partition coefficient (Wildman–Crippen LogP) is 1.76. The quantitative estimate of drug-likeness (QED) is 0.899. The molecule has 20 heavy (non-hydrogen) atoms. The maximum atomic E-state index is 12.1. The average molecular weight is 297 g/mol. The summed E-state index contributed by atoms with van der Waals surface area (Å²) in [6.07, 6.45) is 2.76. The van der Waals surface area contributed by atoms with Crippen LogP contribution < -0.4 is 4.72 Å². The molecule has 1 aromatic rings. The minimum atomic E-state index is -3.78. The van der Waals surface area contributed by atoms with Crippen molar-refractivity contribution in [2.24, 2.45) is 0 Å². The summed E-state index contributed by atoms with van der Waals surface area (Å²) in [5.41, 5.74) is 0.618. The third kappa shape index (κ3) is 3.80. The molecule has 1 N–H and O–H groups in total. The Balaban J connectivity index is 1.94. The lowest BCUT2D eigenvalue weighted by molar-refractivity contribution is -0.119. The van der Waals surface area contributed by atoms with E-state index in [0.29, 0.717) is 12.0 Å². The maximum Gasteiger partial charge on any atom is 0.264 e. The van der Waals surface area contributed by atoms with Gasteiger partial charge in [-0.05, 0) is 37.8 Å². The molecule has 1 atom stereocenters. The van der Waals surface area contributed by atoms with Crippen molar-refractivity contribution < 1.29 is 17.9 Å². The Bertz CT molecular complexity index is 577. The van der Waals surface area contributed by atoms with Crippen LogP contribution in [0.15, 0.2) is 29.2 Å². The van der Waals surface area contributed by atoms with Crippen LogP contribution >= 0.6 is 0 Å². The monoisotopic (exact) mass is 297 g/mol. The van der Waals surface area contributed by atoms with E-state index in [-0.39, 0.29) is 17.4 Å². The van der Waals surface area contributed by atoms with E-state index in [1.165, 1.54) is 6.07 Å². The van der Waals surface area contributed by atoms with Crippen LogP contribution in [-0.2, 0) is 19.6 Å². The molecule has 6 heteroatoms. The highest BCUT2D eigenvalue weighted by Gasteiger charge is 2.21. The third-order valence-electron chi connectivity index (χ3n) is 3.35. The fourth-order valence-corrected chi connectivity index (χ4v) is 3.54. The molecule has 1 aromatic carbocycles. The van der Waals surface area contributed by atoms with Crippen molar-refractivity contribution in [3.8, 4) is 0 Å². The molecule has 0 unspecified atom stereocenters. The number of hydrogen-bond acceptors (Lipinski definition) is 4. The van der Waals surface area contributed by atoms with Crippen LogP contribution in [0.25, 0.3) is 0 Å². The van der Waals surface area contributed by atoms with Gasteiger partial charge in [0.1, 0.15) is 0 Å². The van der Waals surface area contributed by atoms with Crippen LogP contribution in [0.1, 0.15) is 31.2 Å². The van der Waals surface area contributed by atoms with E-state index in [9.17, 15) is 13.2 Å². The van der Waals surface area contributed by atoms with Crippen LogP contribution in [0.5, 0.6) is 0 Å². The fraction of sp³-hybridized carbons (Fsp3) is 0.500. The van der Waals surface area contributed by atoms with E-state index in [1.807, 2.05) is 0 Å².